The van der Waals surface area contributed by atoms with E-state index >= 15 is 0 Å². The number of ether oxygens (including phenoxy) is 1. The quantitative estimate of drug-likeness (QED) is 0.562. The minimum Gasteiger partial charge on any atom is -0.497 e. The maximum Gasteiger partial charge on any atom is 0.327 e. The van der Waals surface area contributed by atoms with Crippen LogP contribution in [-0.2, 0) is 22.6 Å². The summed E-state index contributed by atoms with van der Waals surface area (Å²) in [6.45, 7) is 0.946. The Hall–Kier alpha value is -2.39. The first-order valence-electron chi connectivity index (χ1n) is 9.80. The standard InChI is InChI=1S/C21H21N3O4S2/c1-28-14-5-3-12(4-6-14)9-16-17(20(26)27)24-18(25)15(19(24)30-16)10-13-11-23-7-2-8-29-21(23)22-13/h3-6,10-11,16-17,19H,2,7-9H2,1H3,(H,26,27)/t16?,17?,19-/m1/s1. The van der Waals surface area contributed by atoms with Gasteiger partial charge in [0.25, 0.3) is 5.91 Å². The van der Waals surface area contributed by atoms with Crippen LogP contribution in [0.2, 0.25) is 0 Å². The first kappa shape index (κ1) is 19.6. The molecule has 0 aliphatic carbocycles. The van der Waals surface area contributed by atoms with Gasteiger partial charge in [0.1, 0.15) is 17.2 Å². The van der Waals surface area contributed by atoms with Crippen molar-refractivity contribution in [1.82, 2.24) is 14.5 Å². The van der Waals surface area contributed by atoms with Crippen LogP contribution >= 0.6 is 23.5 Å². The lowest BCUT2D eigenvalue weighted by atomic mass is 9.97. The summed E-state index contributed by atoms with van der Waals surface area (Å²) in [4.78, 5) is 30.9. The van der Waals surface area contributed by atoms with Crippen LogP contribution in [0, 0.1) is 0 Å². The average Bonchev–Trinajstić information content (AvgIpc) is 3.31. The van der Waals surface area contributed by atoms with E-state index in [0.29, 0.717) is 12.0 Å². The van der Waals surface area contributed by atoms with Gasteiger partial charge in [0.2, 0.25) is 0 Å². The van der Waals surface area contributed by atoms with Crippen LogP contribution in [-0.4, -0.2) is 61.0 Å². The Morgan fingerprint density at radius 1 is 1.37 bits per heavy atom. The molecule has 0 saturated carbocycles. The van der Waals surface area contributed by atoms with Crippen molar-refractivity contribution in [2.24, 2.45) is 0 Å². The van der Waals surface area contributed by atoms with Crippen LogP contribution < -0.4 is 4.74 Å². The van der Waals surface area contributed by atoms with Crippen molar-refractivity contribution in [3.05, 3.63) is 47.3 Å². The van der Waals surface area contributed by atoms with Crippen molar-refractivity contribution in [2.75, 3.05) is 12.9 Å². The molecule has 3 atom stereocenters. The lowest BCUT2D eigenvalue weighted by Crippen LogP contribution is -2.57. The second kappa shape index (κ2) is 7.70. The molecule has 5 rings (SSSR count). The first-order valence-corrected chi connectivity index (χ1v) is 11.7. The summed E-state index contributed by atoms with van der Waals surface area (Å²) >= 11 is 3.28. The number of thioether (sulfide) groups is 2. The molecule has 2 fully saturated rings. The fourth-order valence-electron chi connectivity index (χ4n) is 4.16. The number of hydrogen-bond donors (Lipinski definition) is 1. The SMILES string of the molecule is COc1ccc(CC2S[C@@H]3C(=Cc4cn5c(n4)SCCC5)C(=O)N3C2C(=O)O)cc1. The van der Waals surface area contributed by atoms with Gasteiger partial charge in [-0.2, -0.15) is 0 Å². The molecule has 1 amide bonds. The molecule has 0 spiro atoms. The van der Waals surface area contributed by atoms with Gasteiger partial charge in [-0.25, -0.2) is 9.78 Å². The number of fused-ring (bicyclic) bond motifs is 2. The van der Waals surface area contributed by atoms with E-state index in [-0.39, 0.29) is 16.5 Å². The molecular weight excluding hydrogens is 422 g/mol. The zero-order valence-corrected chi connectivity index (χ0v) is 18.0. The van der Waals surface area contributed by atoms with E-state index in [0.717, 1.165) is 40.9 Å². The number of methoxy groups -OCH3 is 1. The predicted octanol–water partition coefficient (Wildman–Crippen LogP) is 2.75. The van der Waals surface area contributed by atoms with Crippen LogP contribution in [0.3, 0.4) is 0 Å². The molecule has 1 N–H and O–H groups in total. The minimum absolute atomic E-state index is 0.198. The van der Waals surface area contributed by atoms with Gasteiger partial charge in [-0.05, 0) is 36.6 Å². The summed E-state index contributed by atoms with van der Waals surface area (Å²) in [6, 6.07) is 6.81. The van der Waals surface area contributed by atoms with Crippen molar-refractivity contribution in [3.63, 3.8) is 0 Å². The summed E-state index contributed by atoms with van der Waals surface area (Å²) in [5, 5.41) is 10.4. The summed E-state index contributed by atoms with van der Waals surface area (Å²) in [6.07, 6.45) is 5.50. The van der Waals surface area contributed by atoms with Crippen molar-refractivity contribution < 1.29 is 19.4 Å². The zero-order chi connectivity index (χ0) is 20.8. The Morgan fingerprint density at radius 3 is 2.87 bits per heavy atom. The molecule has 0 bridgehead atoms. The Kier molecular flexibility index (Phi) is 5.02. The molecule has 3 aliphatic rings. The van der Waals surface area contributed by atoms with Gasteiger partial charge in [-0.15, -0.1) is 11.8 Å². The third-order valence-corrected chi connectivity index (χ3v) is 8.23. The highest BCUT2D eigenvalue weighted by Crippen LogP contribution is 2.49. The van der Waals surface area contributed by atoms with E-state index in [1.165, 1.54) is 4.90 Å². The first-order chi connectivity index (χ1) is 14.5. The number of aryl methyl sites for hydroxylation is 1. The van der Waals surface area contributed by atoms with E-state index < -0.39 is 12.0 Å². The number of rotatable bonds is 5. The second-order valence-electron chi connectivity index (χ2n) is 7.52. The van der Waals surface area contributed by atoms with Crippen molar-refractivity contribution in [2.45, 2.75) is 41.2 Å². The Balaban J connectivity index is 1.37. The summed E-state index contributed by atoms with van der Waals surface area (Å²) < 4.78 is 7.31. The topological polar surface area (TPSA) is 84.7 Å². The maximum atomic E-state index is 12.8. The predicted molar refractivity (Wildman–Crippen MR) is 116 cm³/mol. The van der Waals surface area contributed by atoms with E-state index in [4.69, 9.17) is 4.74 Å². The molecule has 0 radical (unpaired) electrons. The van der Waals surface area contributed by atoms with Gasteiger partial charge in [0.05, 0.1) is 18.4 Å². The monoisotopic (exact) mass is 443 g/mol. The van der Waals surface area contributed by atoms with Gasteiger partial charge in [0.15, 0.2) is 5.16 Å². The summed E-state index contributed by atoms with van der Waals surface area (Å²) in [7, 11) is 1.61. The number of amides is 1. The number of carbonyl (C=O) groups excluding carboxylic acids is 1. The van der Waals surface area contributed by atoms with E-state index in [2.05, 4.69) is 9.55 Å². The van der Waals surface area contributed by atoms with Crippen molar-refractivity contribution in [3.8, 4) is 5.75 Å². The summed E-state index contributed by atoms with van der Waals surface area (Å²) in [5.74, 6) is 0.671. The van der Waals surface area contributed by atoms with Gasteiger partial charge in [-0.1, -0.05) is 23.9 Å². The zero-order valence-electron chi connectivity index (χ0n) is 16.4. The Bertz CT molecular complexity index is 1010. The number of nitrogens with zero attached hydrogens (tertiary/aromatic N) is 3. The minimum atomic E-state index is -0.954. The fourth-order valence-corrected chi connectivity index (χ4v) is 6.79. The van der Waals surface area contributed by atoms with Gasteiger partial charge in [0, 0.05) is 23.7 Å². The largest absolute Gasteiger partial charge is 0.497 e. The number of carboxylic acid groups (broad SMARTS) is 1. The molecule has 30 heavy (non-hydrogen) atoms. The van der Waals surface area contributed by atoms with Gasteiger partial charge >= 0.3 is 5.97 Å². The smallest absolute Gasteiger partial charge is 0.327 e. The van der Waals surface area contributed by atoms with E-state index in [1.54, 1.807) is 30.6 Å². The third-order valence-electron chi connectivity index (χ3n) is 5.64. The lowest BCUT2D eigenvalue weighted by Gasteiger charge is -2.38. The normalized spacial score (nSPS) is 26.3. The third kappa shape index (κ3) is 3.30. The van der Waals surface area contributed by atoms with Crippen LogP contribution in [0.5, 0.6) is 5.75 Å². The van der Waals surface area contributed by atoms with Crippen molar-refractivity contribution in [1.29, 1.82) is 0 Å². The van der Waals surface area contributed by atoms with Crippen LogP contribution in [0.15, 0.2) is 41.2 Å². The van der Waals surface area contributed by atoms with Crippen LogP contribution in [0.1, 0.15) is 17.7 Å². The molecule has 2 saturated heterocycles. The van der Waals surface area contributed by atoms with Crippen LogP contribution in [0.25, 0.3) is 6.08 Å². The number of imidazole rings is 1. The number of hydrogen-bond acceptors (Lipinski definition) is 6. The second-order valence-corrected chi connectivity index (χ2v) is 9.90. The number of carboxylic acids is 1. The molecule has 1 aromatic heterocycles. The van der Waals surface area contributed by atoms with Crippen LogP contribution in [0.4, 0.5) is 0 Å². The molecule has 3 aliphatic heterocycles. The molecule has 156 valence electrons. The molecule has 2 aromatic rings. The Labute approximate surface area is 182 Å². The molecule has 2 unspecified atom stereocenters. The summed E-state index contributed by atoms with van der Waals surface area (Å²) in [5.41, 5.74) is 2.44. The molecule has 9 heteroatoms. The number of benzene rings is 1. The molecule has 1 aromatic carbocycles. The molecule has 7 nitrogen and oxygen atoms in total. The average molecular weight is 444 g/mol. The number of β-lactam (4-membered cyclic amide) rings is 1. The highest BCUT2D eigenvalue weighted by molar-refractivity contribution is 8.01. The van der Waals surface area contributed by atoms with Gasteiger partial charge in [-0.3, -0.25) is 4.79 Å². The number of aromatic nitrogens is 2. The maximum absolute atomic E-state index is 12.8. The highest BCUT2D eigenvalue weighted by Gasteiger charge is 2.57. The van der Waals surface area contributed by atoms with Gasteiger partial charge < -0.3 is 19.3 Å². The lowest BCUT2D eigenvalue weighted by molar-refractivity contribution is -0.151. The van der Waals surface area contributed by atoms with E-state index in [9.17, 15) is 14.7 Å². The van der Waals surface area contributed by atoms with Crippen molar-refractivity contribution >= 4 is 41.5 Å². The molecular formula is C21H21N3O4S2. The highest BCUT2D eigenvalue weighted by atomic mass is 32.2. The molecule has 4 heterocycles. The Morgan fingerprint density at radius 2 is 2.17 bits per heavy atom. The van der Waals surface area contributed by atoms with E-state index in [1.807, 2.05) is 36.5 Å². The fraction of sp³-hybridized carbons (Fsp3) is 0.381. The number of aliphatic carboxylic acids is 1. The number of carbonyl (C=O) groups is 2.